The average Bonchev–Trinajstić information content (AvgIpc) is 3.93. The van der Waals surface area contributed by atoms with Crippen LogP contribution in [0.1, 0.15) is 75.8 Å². The van der Waals surface area contributed by atoms with Gasteiger partial charge < -0.3 is 19.9 Å². The number of aliphatic hydroxyl groups is 1. The van der Waals surface area contributed by atoms with Gasteiger partial charge in [-0.3, -0.25) is 29.0 Å². The Bertz CT molecular complexity index is 2210. The zero-order chi connectivity index (χ0) is 40.3. The lowest BCUT2D eigenvalue weighted by Gasteiger charge is -2.62. The fraction of sp³-hybridized carbons (Fsp3) is 0.467. The highest BCUT2D eigenvalue weighted by Crippen LogP contribution is 2.69. The van der Waals surface area contributed by atoms with Crippen molar-refractivity contribution in [3.63, 3.8) is 0 Å². The SMILES string of the molecule is C[C@]12C[C@H](O)[C@@]3(F)[C@@H](C[C@H](F)C4=CC(=O)C=C[C@@]43C)C1CC[C@@H]2C(=O)COC(=O)CCC(=O)OCc1ccc(C2CC2C(=O)Nc2ccc3cnccc3c2)cc1. The molecule has 1 heterocycles. The van der Waals surface area contributed by atoms with Crippen molar-refractivity contribution in [2.75, 3.05) is 11.9 Å². The van der Waals surface area contributed by atoms with Crippen LogP contribution >= 0.6 is 0 Å². The number of hydrogen-bond donors (Lipinski definition) is 2. The molecule has 0 aliphatic heterocycles. The standard InChI is InChI=1S/C45H46F2N2O8/c1-43-21-39(52)45(47)35(20-37(46)36-18-30(50)13-15-44(36,45)2)33(43)9-10-34(43)38(51)24-57-41(54)12-11-40(53)56-23-25-3-5-26(6-4-25)31-19-32(31)42(55)49-29-8-7-28-22-48-16-14-27(28)17-29/h3-8,13-18,22,31-35,37,39,52H,9-12,19-21,23-24H2,1-2H3,(H,49,55)/t31?,32?,33?,34-,35+,37+,39+,43+,44+,45+/m1/s1. The van der Waals surface area contributed by atoms with Crippen molar-refractivity contribution in [1.29, 1.82) is 0 Å². The van der Waals surface area contributed by atoms with Gasteiger partial charge in [0.05, 0.1) is 18.9 Å². The van der Waals surface area contributed by atoms with E-state index in [4.69, 9.17) is 9.47 Å². The van der Waals surface area contributed by atoms with E-state index in [0.29, 0.717) is 12.8 Å². The molecule has 2 N–H and O–H groups in total. The van der Waals surface area contributed by atoms with Crippen molar-refractivity contribution in [2.24, 2.45) is 34.5 Å². The molecule has 298 valence electrons. The van der Waals surface area contributed by atoms with Crippen molar-refractivity contribution < 1.29 is 47.3 Å². The predicted molar refractivity (Wildman–Crippen MR) is 205 cm³/mol. The van der Waals surface area contributed by atoms with Crippen LogP contribution in [0.5, 0.6) is 0 Å². The number of rotatable bonds is 11. The largest absolute Gasteiger partial charge is 0.461 e. The van der Waals surface area contributed by atoms with Crippen LogP contribution in [0, 0.1) is 34.5 Å². The first-order valence-corrected chi connectivity index (χ1v) is 19.7. The molecule has 1 amide bonds. The Balaban J connectivity index is 0.774. The van der Waals surface area contributed by atoms with E-state index >= 15 is 8.78 Å². The zero-order valence-electron chi connectivity index (χ0n) is 31.9. The van der Waals surface area contributed by atoms with Gasteiger partial charge in [0.15, 0.2) is 17.2 Å². The number of aliphatic hydroxyl groups excluding tert-OH is 1. The van der Waals surface area contributed by atoms with Crippen LogP contribution in [0.4, 0.5) is 14.5 Å². The maximum Gasteiger partial charge on any atom is 0.306 e. The summed E-state index contributed by atoms with van der Waals surface area (Å²) in [5.41, 5.74) is -2.00. The molecular weight excluding hydrogens is 734 g/mol. The van der Waals surface area contributed by atoms with Gasteiger partial charge in [0, 0.05) is 46.6 Å². The summed E-state index contributed by atoms with van der Waals surface area (Å²) < 4.78 is 43.5. The molecule has 0 saturated heterocycles. The third kappa shape index (κ3) is 6.89. The lowest BCUT2D eigenvalue weighted by Crippen LogP contribution is -2.68. The first-order chi connectivity index (χ1) is 27.2. The summed E-state index contributed by atoms with van der Waals surface area (Å²) in [5.74, 6) is -4.09. The number of fused-ring (bicyclic) bond motifs is 6. The number of hydrogen-bond acceptors (Lipinski definition) is 9. The highest BCUT2D eigenvalue weighted by molar-refractivity contribution is 6.01. The zero-order valence-corrected chi connectivity index (χ0v) is 31.9. The number of alkyl halides is 2. The molecule has 0 spiro atoms. The van der Waals surface area contributed by atoms with Gasteiger partial charge in [0.25, 0.3) is 0 Å². The Kier molecular flexibility index (Phi) is 9.99. The Morgan fingerprint density at radius 1 is 0.947 bits per heavy atom. The molecule has 2 aromatic carbocycles. The summed E-state index contributed by atoms with van der Waals surface area (Å²) in [5, 5.41) is 16.4. The van der Waals surface area contributed by atoms with Gasteiger partial charge in [0.2, 0.25) is 5.91 Å². The molecular formula is C45H46F2N2O8. The van der Waals surface area contributed by atoms with E-state index in [-0.39, 0.29) is 61.4 Å². The number of amides is 1. The molecule has 4 saturated carbocycles. The Labute approximate surface area is 329 Å². The minimum atomic E-state index is -2.22. The molecule has 10 atom stereocenters. The van der Waals surface area contributed by atoms with Crippen LogP contribution in [0.2, 0.25) is 0 Å². The molecule has 1 aromatic heterocycles. The molecule has 57 heavy (non-hydrogen) atoms. The molecule has 5 aliphatic carbocycles. The lowest BCUT2D eigenvalue weighted by atomic mass is 9.45. The Morgan fingerprint density at radius 3 is 2.47 bits per heavy atom. The molecule has 4 fully saturated rings. The first-order valence-electron chi connectivity index (χ1n) is 19.7. The second-order valence-corrected chi connectivity index (χ2v) is 17.0. The van der Waals surface area contributed by atoms with E-state index in [1.54, 1.807) is 12.4 Å². The quantitative estimate of drug-likeness (QED) is 0.199. The lowest BCUT2D eigenvalue weighted by molar-refractivity contribution is -0.202. The molecule has 3 aromatic rings. The van der Waals surface area contributed by atoms with Crippen LogP contribution in [0.25, 0.3) is 10.8 Å². The monoisotopic (exact) mass is 780 g/mol. The van der Waals surface area contributed by atoms with E-state index in [2.05, 4.69) is 10.3 Å². The molecule has 10 nitrogen and oxygen atoms in total. The summed E-state index contributed by atoms with van der Waals surface area (Å²) in [4.78, 5) is 67.6. The average molecular weight is 781 g/mol. The second kappa shape index (κ2) is 14.7. The maximum absolute atomic E-state index is 17.3. The van der Waals surface area contributed by atoms with Crippen molar-refractivity contribution in [2.45, 2.75) is 89.3 Å². The van der Waals surface area contributed by atoms with Crippen LogP contribution in [-0.2, 0) is 40.1 Å². The van der Waals surface area contributed by atoms with E-state index in [1.807, 2.05) is 55.5 Å². The normalized spacial score (nSPS) is 33.7. The van der Waals surface area contributed by atoms with Gasteiger partial charge in [0.1, 0.15) is 19.4 Å². The van der Waals surface area contributed by atoms with Crippen LogP contribution < -0.4 is 5.32 Å². The van der Waals surface area contributed by atoms with Gasteiger partial charge >= 0.3 is 11.9 Å². The van der Waals surface area contributed by atoms with Crippen LogP contribution in [0.15, 0.2) is 84.7 Å². The van der Waals surface area contributed by atoms with Gasteiger partial charge in [-0.2, -0.15) is 0 Å². The minimum absolute atomic E-state index is 0.00146. The number of Topliss-reactive ketones (excluding diaryl/α,β-unsaturated/α-hetero) is 1. The first kappa shape index (κ1) is 38.8. The highest BCUT2D eigenvalue weighted by atomic mass is 19.1. The molecule has 8 rings (SSSR count). The van der Waals surface area contributed by atoms with Crippen LogP contribution in [-0.4, -0.2) is 64.1 Å². The number of anilines is 1. The number of ketones is 2. The van der Waals surface area contributed by atoms with Gasteiger partial charge in [-0.15, -0.1) is 0 Å². The number of nitrogens with one attached hydrogen (secondary N) is 1. The molecule has 0 radical (unpaired) electrons. The molecule has 12 heteroatoms. The van der Waals surface area contributed by atoms with E-state index in [0.717, 1.165) is 40.1 Å². The van der Waals surface area contributed by atoms with Crippen molar-refractivity contribution in [3.8, 4) is 0 Å². The second-order valence-electron chi connectivity index (χ2n) is 17.0. The van der Waals surface area contributed by atoms with Gasteiger partial charge in [-0.05, 0) is 109 Å². The fourth-order valence-corrected chi connectivity index (χ4v) is 10.6. The molecule has 0 bridgehead atoms. The van der Waals surface area contributed by atoms with E-state index < -0.39 is 70.9 Å². The summed E-state index contributed by atoms with van der Waals surface area (Å²) in [6.45, 7) is 2.84. The van der Waals surface area contributed by atoms with Crippen molar-refractivity contribution in [1.82, 2.24) is 4.98 Å². The summed E-state index contributed by atoms with van der Waals surface area (Å²) >= 11 is 0. The number of carbonyl (C=O) groups excluding carboxylic acids is 5. The summed E-state index contributed by atoms with van der Waals surface area (Å²) in [7, 11) is 0. The van der Waals surface area contributed by atoms with Crippen LogP contribution in [0.3, 0.4) is 0 Å². The van der Waals surface area contributed by atoms with Gasteiger partial charge in [-0.1, -0.05) is 43.3 Å². The van der Waals surface area contributed by atoms with Crippen molar-refractivity contribution >= 4 is 45.9 Å². The number of halogens is 2. The minimum Gasteiger partial charge on any atom is -0.461 e. The van der Waals surface area contributed by atoms with Crippen molar-refractivity contribution in [3.05, 3.63) is 95.9 Å². The summed E-state index contributed by atoms with van der Waals surface area (Å²) in [6, 6.07) is 15.1. The fourth-order valence-electron chi connectivity index (χ4n) is 10.6. The number of allylic oxidation sites excluding steroid dienone is 4. The third-order valence-electron chi connectivity index (χ3n) is 13.8. The summed E-state index contributed by atoms with van der Waals surface area (Å²) in [6.07, 6.45) is 5.02. The van der Waals surface area contributed by atoms with E-state index in [9.17, 15) is 29.1 Å². The van der Waals surface area contributed by atoms with Gasteiger partial charge in [-0.25, -0.2) is 8.78 Å². The van der Waals surface area contributed by atoms with E-state index in [1.165, 1.54) is 19.1 Å². The number of aromatic nitrogens is 1. The topological polar surface area (TPSA) is 149 Å². The number of ether oxygens (including phenoxy) is 2. The maximum atomic E-state index is 17.3. The number of nitrogens with zero attached hydrogens (tertiary/aromatic N) is 1. The smallest absolute Gasteiger partial charge is 0.306 e. The predicted octanol–water partition coefficient (Wildman–Crippen LogP) is 6.85. The molecule has 5 aliphatic rings. The Morgan fingerprint density at radius 2 is 1.70 bits per heavy atom. The molecule has 3 unspecified atom stereocenters. The Hall–Kier alpha value is -5.10. The number of benzene rings is 2. The number of esters is 2. The third-order valence-corrected chi connectivity index (χ3v) is 13.8. The highest BCUT2D eigenvalue weighted by Gasteiger charge is 2.72. The number of pyridine rings is 1. The number of carbonyl (C=O) groups is 5.